The Balaban J connectivity index is 1.60. The van der Waals surface area contributed by atoms with Crippen molar-refractivity contribution in [2.45, 2.75) is 45.2 Å². The van der Waals surface area contributed by atoms with E-state index in [-0.39, 0.29) is 17.9 Å². The summed E-state index contributed by atoms with van der Waals surface area (Å²) in [6, 6.07) is 0.102. The van der Waals surface area contributed by atoms with Gasteiger partial charge in [0.25, 0.3) is 0 Å². The Labute approximate surface area is 138 Å². The maximum Gasteiger partial charge on any atom is 0.245 e. The van der Waals surface area contributed by atoms with Crippen LogP contribution in [0.1, 0.15) is 33.1 Å². The standard InChI is InChI=1S/C17H29N3O3/c1-13-11-19(12-15(13)18-7-9-23-10-8-18)17(22)14(2)20-6-4-3-5-16(20)21/h13-15H,3-12H2,1-2H3/t13-,14+,15-/m1/s1. The predicted molar refractivity (Wildman–Crippen MR) is 87.0 cm³/mol. The van der Waals surface area contributed by atoms with Crippen LogP contribution < -0.4 is 0 Å². The van der Waals surface area contributed by atoms with Crippen LogP contribution in [0.5, 0.6) is 0 Å². The average Bonchev–Trinajstić information content (AvgIpc) is 2.96. The van der Waals surface area contributed by atoms with Gasteiger partial charge in [0.2, 0.25) is 11.8 Å². The molecule has 0 radical (unpaired) electrons. The molecule has 0 spiro atoms. The number of nitrogens with zero attached hydrogens (tertiary/aromatic N) is 3. The van der Waals surface area contributed by atoms with Crippen molar-refractivity contribution >= 4 is 11.8 Å². The Morgan fingerprint density at radius 2 is 1.91 bits per heavy atom. The number of carbonyl (C=O) groups excluding carboxylic acids is 2. The minimum Gasteiger partial charge on any atom is -0.379 e. The van der Waals surface area contributed by atoms with E-state index in [1.54, 1.807) is 4.90 Å². The number of ether oxygens (including phenoxy) is 1. The number of amides is 2. The summed E-state index contributed by atoms with van der Waals surface area (Å²) in [4.78, 5) is 31.1. The topological polar surface area (TPSA) is 53.1 Å². The monoisotopic (exact) mass is 323 g/mol. The lowest BCUT2D eigenvalue weighted by atomic mass is 10.0. The van der Waals surface area contributed by atoms with Crippen molar-refractivity contribution < 1.29 is 14.3 Å². The molecule has 3 saturated heterocycles. The number of hydrogen-bond donors (Lipinski definition) is 0. The molecule has 2 amide bonds. The van der Waals surface area contributed by atoms with Crippen molar-refractivity contribution in [3.8, 4) is 0 Å². The molecule has 0 saturated carbocycles. The first kappa shape index (κ1) is 16.7. The number of carbonyl (C=O) groups is 2. The molecule has 0 aromatic rings. The average molecular weight is 323 g/mol. The minimum absolute atomic E-state index is 0.114. The van der Waals surface area contributed by atoms with Gasteiger partial charge in [0.15, 0.2) is 0 Å². The molecule has 0 unspecified atom stereocenters. The molecule has 0 aliphatic carbocycles. The first-order valence-electron chi connectivity index (χ1n) is 8.98. The van der Waals surface area contributed by atoms with E-state index < -0.39 is 0 Å². The molecule has 3 aliphatic heterocycles. The summed E-state index contributed by atoms with van der Waals surface area (Å²) >= 11 is 0. The Bertz CT molecular complexity index is 450. The maximum absolute atomic E-state index is 12.9. The van der Waals surface area contributed by atoms with Crippen molar-refractivity contribution in [3.63, 3.8) is 0 Å². The highest BCUT2D eigenvalue weighted by molar-refractivity contribution is 5.88. The second kappa shape index (κ2) is 7.18. The lowest BCUT2D eigenvalue weighted by Gasteiger charge is -2.35. The molecule has 3 atom stereocenters. The summed E-state index contributed by atoms with van der Waals surface area (Å²) in [7, 11) is 0. The van der Waals surface area contributed by atoms with Crippen LogP contribution >= 0.6 is 0 Å². The molecular formula is C17H29N3O3. The predicted octanol–water partition coefficient (Wildman–Crippen LogP) is 0.567. The van der Waals surface area contributed by atoms with E-state index in [4.69, 9.17) is 4.74 Å². The van der Waals surface area contributed by atoms with E-state index in [0.717, 1.165) is 58.8 Å². The van der Waals surface area contributed by atoms with Crippen LogP contribution in [-0.2, 0) is 14.3 Å². The molecule has 23 heavy (non-hydrogen) atoms. The van der Waals surface area contributed by atoms with E-state index in [1.807, 2.05) is 11.8 Å². The number of piperidine rings is 1. The van der Waals surface area contributed by atoms with Gasteiger partial charge >= 0.3 is 0 Å². The zero-order valence-electron chi connectivity index (χ0n) is 14.4. The fourth-order valence-electron chi connectivity index (χ4n) is 4.15. The third-order valence-corrected chi connectivity index (χ3v) is 5.58. The number of likely N-dealkylation sites (tertiary alicyclic amines) is 2. The van der Waals surface area contributed by atoms with Crippen LogP contribution in [-0.4, -0.2) is 84.5 Å². The molecule has 130 valence electrons. The van der Waals surface area contributed by atoms with Crippen LogP contribution in [0.4, 0.5) is 0 Å². The highest BCUT2D eigenvalue weighted by Crippen LogP contribution is 2.24. The molecule has 0 N–H and O–H groups in total. The molecular weight excluding hydrogens is 294 g/mol. The Morgan fingerprint density at radius 1 is 1.17 bits per heavy atom. The van der Waals surface area contributed by atoms with Crippen molar-refractivity contribution in [1.82, 2.24) is 14.7 Å². The van der Waals surface area contributed by atoms with Gasteiger partial charge in [0.05, 0.1) is 13.2 Å². The third kappa shape index (κ3) is 3.53. The summed E-state index contributed by atoms with van der Waals surface area (Å²) in [6.45, 7) is 9.91. The number of hydrogen-bond acceptors (Lipinski definition) is 4. The summed E-state index contributed by atoms with van der Waals surface area (Å²) in [5, 5.41) is 0. The van der Waals surface area contributed by atoms with Crippen LogP contribution in [0.25, 0.3) is 0 Å². The molecule has 3 rings (SSSR count). The highest BCUT2D eigenvalue weighted by Gasteiger charge is 2.39. The summed E-state index contributed by atoms with van der Waals surface area (Å²) in [6.07, 6.45) is 2.55. The summed E-state index contributed by atoms with van der Waals surface area (Å²) in [5.74, 6) is 0.721. The van der Waals surface area contributed by atoms with Crippen molar-refractivity contribution in [2.75, 3.05) is 45.9 Å². The van der Waals surface area contributed by atoms with E-state index in [2.05, 4.69) is 11.8 Å². The fraction of sp³-hybridized carbons (Fsp3) is 0.882. The molecule has 3 aliphatic rings. The van der Waals surface area contributed by atoms with Crippen molar-refractivity contribution in [2.24, 2.45) is 5.92 Å². The van der Waals surface area contributed by atoms with E-state index in [9.17, 15) is 9.59 Å². The van der Waals surface area contributed by atoms with Gasteiger partial charge in [-0.25, -0.2) is 0 Å². The van der Waals surface area contributed by atoms with Crippen molar-refractivity contribution in [3.05, 3.63) is 0 Å². The molecule has 3 heterocycles. The van der Waals surface area contributed by atoms with Gasteiger partial charge in [-0.15, -0.1) is 0 Å². The molecule has 0 aromatic carbocycles. The first-order chi connectivity index (χ1) is 11.1. The third-order valence-electron chi connectivity index (χ3n) is 5.58. The van der Waals surface area contributed by atoms with Crippen molar-refractivity contribution in [1.29, 1.82) is 0 Å². The second-order valence-electron chi connectivity index (χ2n) is 7.16. The lowest BCUT2D eigenvalue weighted by molar-refractivity contribution is -0.146. The normalized spacial score (nSPS) is 31.5. The lowest BCUT2D eigenvalue weighted by Crippen LogP contribution is -2.51. The zero-order valence-corrected chi connectivity index (χ0v) is 14.4. The zero-order chi connectivity index (χ0) is 16.4. The molecule has 3 fully saturated rings. The number of morpholine rings is 1. The number of rotatable bonds is 3. The Morgan fingerprint density at radius 3 is 2.61 bits per heavy atom. The minimum atomic E-state index is -0.321. The van der Waals surface area contributed by atoms with Gasteiger partial charge in [-0.2, -0.15) is 0 Å². The maximum atomic E-state index is 12.9. The van der Waals surface area contributed by atoms with Crippen LogP contribution in [0, 0.1) is 5.92 Å². The van der Waals surface area contributed by atoms with Crippen LogP contribution in [0.2, 0.25) is 0 Å². The van der Waals surface area contributed by atoms with Gasteiger partial charge in [-0.3, -0.25) is 14.5 Å². The largest absolute Gasteiger partial charge is 0.379 e. The second-order valence-corrected chi connectivity index (χ2v) is 7.16. The van der Waals surface area contributed by atoms with E-state index in [0.29, 0.717) is 18.4 Å². The first-order valence-corrected chi connectivity index (χ1v) is 8.98. The van der Waals surface area contributed by atoms with Gasteiger partial charge in [0, 0.05) is 45.2 Å². The molecule has 6 nitrogen and oxygen atoms in total. The summed E-state index contributed by atoms with van der Waals surface area (Å²) in [5.41, 5.74) is 0. The Hall–Kier alpha value is -1.14. The molecule has 0 bridgehead atoms. The molecule has 6 heteroatoms. The fourth-order valence-corrected chi connectivity index (χ4v) is 4.15. The van der Waals surface area contributed by atoms with Gasteiger partial charge in [-0.1, -0.05) is 6.92 Å². The molecule has 0 aromatic heterocycles. The van der Waals surface area contributed by atoms with E-state index >= 15 is 0 Å². The quantitative estimate of drug-likeness (QED) is 0.762. The van der Waals surface area contributed by atoms with Crippen LogP contribution in [0.15, 0.2) is 0 Å². The highest BCUT2D eigenvalue weighted by atomic mass is 16.5. The van der Waals surface area contributed by atoms with Gasteiger partial charge in [0.1, 0.15) is 6.04 Å². The Kier molecular flexibility index (Phi) is 5.21. The summed E-state index contributed by atoms with van der Waals surface area (Å²) < 4.78 is 5.43. The SMILES string of the molecule is C[C@@H]1CN(C(=O)[C@H](C)N2CCCCC2=O)C[C@H]1N1CCOCC1. The van der Waals surface area contributed by atoms with Gasteiger partial charge in [-0.05, 0) is 25.7 Å². The van der Waals surface area contributed by atoms with Crippen LogP contribution in [0.3, 0.4) is 0 Å². The van der Waals surface area contributed by atoms with E-state index in [1.165, 1.54) is 0 Å². The smallest absolute Gasteiger partial charge is 0.245 e. The van der Waals surface area contributed by atoms with Gasteiger partial charge < -0.3 is 14.5 Å².